The van der Waals surface area contributed by atoms with E-state index in [4.69, 9.17) is 4.74 Å². The molecule has 2 aromatic carbocycles. The molecular weight excluding hydrogens is 641 g/mol. The van der Waals surface area contributed by atoms with Crippen LogP contribution in [0.5, 0.6) is 0 Å². The minimum Gasteiger partial charge on any atom is -0.384 e. The van der Waals surface area contributed by atoms with E-state index in [1.807, 2.05) is 42.5 Å². The molecule has 0 unspecified atom stereocenters. The number of amides is 3. The Morgan fingerprint density at radius 2 is 1.86 bits per heavy atom. The second-order valence-electron chi connectivity index (χ2n) is 12.9. The summed E-state index contributed by atoms with van der Waals surface area (Å²) in [7, 11) is 0. The number of morpholine rings is 1. The number of H-pyrrole nitrogens is 1. The van der Waals surface area contributed by atoms with Crippen molar-refractivity contribution in [3.63, 3.8) is 0 Å². The first kappa shape index (κ1) is 34.5. The Labute approximate surface area is 290 Å². The summed E-state index contributed by atoms with van der Waals surface area (Å²) in [6.45, 7) is 1.80. The second-order valence-corrected chi connectivity index (χ2v) is 13.8. The van der Waals surface area contributed by atoms with Crippen LogP contribution in [-0.4, -0.2) is 81.1 Å². The molecule has 3 amide bonds. The largest absolute Gasteiger partial charge is 0.384 e. The maximum atomic E-state index is 14.2. The Balaban J connectivity index is 1.27. The fourth-order valence-corrected chi connectivity index (χ4v) is 7.50. The van der Waals surface area contributed by atoms with Crippen molar-refractivity contribution in [2.75, 3.05) is 26.3 Å². The maximum absolute atomic E-state index is 14.2. The molecule has 49 heavy (non-hydrogen) atoms. The molecule has 1 saturated carbocycles. The first-order chi connectivity index (χ1) is 23.9. The number of carbonyl (C=O) groups excluding carboxylic acids is 3. The topological polar surface area (TPSA) is 150 Å². The number of thiazole rings is 1. The zero-order valence-corrected chi connectivity index (χ0v) is 28.4. The Kier molecular flexibility index (Phi) is 11.8. The lowest BCUT2D eigenvalue weighted by Crippen LogP contribution is -2.52. The Bertz CT molecular complexity index is 1710. The Morgan fingerprint density at radius 1 is 1.06 bits per heavy atom. The number of rotatable bonds is 13. The molecule has 3 heterocycles. The second kappa shape index (κ2) is 16.8. The van der Waals surface area contributed by atoms with E-state index in [0.717, 1.165) is 42.0 Å². The van der Waals surface area contributed by atoms with Gasteiger partial charge >= 0.3 is 0 Å². The minimum atomic E-state index is -1.01. The molecule has 4 aromatic rings. The van der Waals surface area contributed by atoms with Crippen LogP contribution in [0.15, 0.2) is 72.1 Å². The molecule has 2 aromatic heterocycles. The highest BCUT2D eigenvalue weighted by molar-refractivity contribution is 7.09. The van der Waals surface area contributed by atoms with E-state index in [9.17, 15) is 19.5 Å². The van der Waals surface area contributed by atoms with Crippen molar-refractivity contribution < 1.29 is 24.2 Å². The first-order valence-corrected chi connectivity index (χ1v) is 18.0. The van der Waals surface area contributed by atoms with Gasteiger partial charge in [0, 0.05) is 48.6 Å². The molecule has 0 spiro atoms. The summed E-state index contributed by atoms with van der Waals surface area (Å²) in [5.41, 5.74) is 1.71. The first-order valence-electron chi connectivity index (χ1n) is 17.1. The molecule has 11 nitrogen and oxygen atoms in total. The molecule has 6 rings (SSSR count). The van der Waals surface area contributed by atoms with Gasteiger partial charge in [0.1, 0.15) is 17.2 Å². The lowest BCUT2D eigenvalue weighted by atomic mass is 9.83. The highest BCUT2D eigenvalue weighted by Crippen LogP contribution is 2.31. The van der Waals surface area contributed by atoms with Crippen molar-refractivity contribution in [3.05, 3.63) is 88.4 Å². The number of hydrogen-bond acceptors (Lipinski definition) is 8. The number of nitrogens with one attached hydrogen (secondary N) is 3. The van der Waals surface area contributed by atoms with Crippen molar-refractivity contribution >= 4 is 45.9 Å². The van der Waals surface area contributed by atoms with Gasteiger partial charge < -0.3 is 30.4 Å². The van der Waals surface area contributed by atoms with Crippen LogP contribution in [0.25, 0.3) is 16.8 Å². The standard InChI is InChI=1S/C37H44N6O5S/c44-33(43-14-16-48-17-15-43)21-28(20-27-11-6-10-26-9-4-5-12-30(26)27)35(46)42-32(22-29-23-38-24-40-29)36(47)41-31(19-25-7-2-1-3-8-25)34(45)37-39-13-18-49-37/h4-6,9-13,18,20,23-25,31-32,34,45H,1-3,7-8,14-17,19,21-22H2,(H,38,40)(H,41,47)(H,42,46)/t31-,32+,34+/m1/s1. The summed E-state index contributed by atoms with van der Waals surface area (Å²) in [5.74, 6) is -0.753. The Hall–Kier alpha value is -4.39. The van der Waals surface area contributed by atoms with Gasteiger partial charge in [-0.1, -0.05) is 74.6 Å². The SMILES string of the molecule is O=C(N[C@@H](Cc1cnc[nH]1)C(=O)N[C@H](CC1CCCCC1)[C@H](O)c1nccs1)C(=Cc1cccc2ccccc12)CC(=O)N1CCOCC1. The number of nitrogens with zero attached hydrogens (tertiary/aromatic N) is 3. The molecule has 4 N–H and O–H groups in total. The summed E-state index contributed by atoms with van der Waals surface area (Å²) in [6.07, 6.45) is 11.7. The Morgan fingerprint density at radius 3 is 2.61 bits per heavy atom. The fourth-order valence-electron chi connectivity index (χ4n) is 6.81. The highest BCUT2D eigenvalue weighted by atomic mass is 32.1. The lowest BCUT2D eigenvalue weighted by molar-refractivity contribution is -0.135. The van der Waals surface area contributed by atoms with Gasteiger partial charge in [0.15, 0.2) is 0 Å². The number of aliphatic hydroxyl groups is 1. The smallest absolute Gasteiger partial charge is 0.248 e. The summed E-state index contributed by atoms with van der Waals surface area (Å²) in [5, 5.41) is 21.8. The molecule has 258 valence electrons. The minimum absolute atomic E-state index is 0.138. The predicted octanol–water partition coefficient (Wildman–Crippen LogP) is 4.57. The number of aromatic amines is 1. The summed E-state index contributed by atoms with van der Waals surface area (Å²) in [6, 6.07) is 12.1. The van der Waals surface area contributed by atoms with Crippen LogP contribution in [0.4, 0.5) is 0 Å². The lowest BCUT2D eigenvalue weighted by Gasteiger charge is -2.31. The number of aliphatic hydroxyl groups excluding tert-OH is 1. The van der Waals surface area contributed by atoms with E-state index in [-0.39, 0.29) is 24.3 Å². The molecule has 1 aliphatic heterocycles. The quantitative estimate of drug-likeness (QED) is 0.151. The average Bonchev–Trinajstić information content (AvgIpc) is 3.87. The third-order valence-electron chi connectivity index (χ3n) is 9.48. The van der Waals surface area contributed by atoms with Crippen LogP contribution in [0.1, 0.15) is 67.3 Å². The summed E-state index contributed by atoms with van der Waals surface area (Å²) < 4.78 is 5.43. The van der Waals surface area contributed by atoms with Crippen molar-refractivity contribution in [2.24, 2.45) is 5.92 Å². The zero-order valence-electron chi connectivity index (χ0n) is 27.6. The average molecular weight is 685 g/mol. The molecule has 2 aliphatic rings. The molecule has 1 aliphatic carbocycles. The molecule has 3 atom stereocenters. The van der Waals surface area contributed by atoms with Crippen LogP contribution in [0.3, 0.4) is 0 Å². The van der Waals surface area contributed by atoms with Crippen molar-refractivity contribution in [1.82, 2.24) is 30.5 Å². The molecule has 2 fully saturated rings. The van der Waals surface area contributed by atoms with Crippen LogP contribution in [0.2, 0.25) is 0 Å². The molecular formula is C37H44N6O5S. The van der Waals surface area contributed by atoms with E-state index in [2.05, 4.69) is 25.6 Å². The number of ether oxygens (including phenoxy) is 1. The number of imidazole rings is 1. The van der Waals surface area contributed by atoms with Gasteiger partial charge in [0.05, 0.1) is 32.0 Å². The maximum Gasteiger partial charge on any atom is 0.248 e. The predicted molar refractivity (Wildman–Crippen MR) is 188 cm³/mol. The van der Waals surface area contributed by atoms with Crippen LogP contribution >= 0.6 is 11.3 Å². The summed E-state index contributed by atoms with van der Waals surface area (Å²) in [4.78, 5) is 55.1. The number of carbonyl (C=O) groups is 3. The van der Waals surface area contributed by atoms with Crippen LogP contribution in [0, 0.1) is 5.92 Å². The molecule has 0 radical (unpaired) electrons. The van der Waals surface area contributed by atoms with Crippen molar-refractivity contribution in [1.29, 1.82) is 0 Å². The fraction of sp³-hybridized carbons (Fsp3) is 0.432. The normalized spacial score (nSPS) is 17.7. The van der Waals surface area contributed by atoms with Gasteiger partial charge in [-0.25, -0.2) is 9.97 Å². The number of aromatic nitrogens is 3. The third-order valence-corrected chi connectivity index (χ3v) is 10.3. The zero-order chi connectivity index (χ0) is 34.0. The van der Waals surface area contributed by atoms with Gasteiger partial charge in [-0.2, -0.15) is 0 Å². The van der Waals surface area contributed by atoms with E-state index >= 15 is 0 Å². The van der Waals surface area contributed by atoms with E-state index in [1.54, 1.807) is 28.7 Å². The van der Waals surface area contributed by atoms with Gasteiger partial charge in [0.2, 0.25) is 17.7 Å². The van der Waals surface area contributed by atoms with Gasteiger partial charge in [0.25, 0.3) is 0 Å². The van der Waals surface area contributed by atoms with E-state index in [1.165, 1.54) is 24.1 Å². The van der Waals surface area contributed by atoms with Gasteiger partial charge in [-0.15, -0.1) is 11.3 Å². The number of fused-ring (bicyclic) bond motifs is 1. The summed E-state index contributed by atoms with van der Waals surface area (Å²) >= 11 is 1.35. The molecule has 12 heteroatoms. The van der Waals surface area contributed by atoms with Crippen LogP contribution in [-0.2, 0) is 25.5 Å². The number of benzene rings is 2. The number of hydrogen-bond donors (Lipinski definition) is 4. The van der Waals surface area contributed by atoms with E-state index in [0.29, 0.717) is 49.3 Å². The van der Waals surface area contributed by atoms with Gasteiger partial charge in [-0.3, -0.25) is 14.4 Å². The molecule has 1 saturated heterocycles. The van der Waals surface area contributed by atoms with Crippen molar-refractivity contribution in [3.8, 4) is 0 Å². The monoisotopic (exact) mass is 684 g/mol. The third kappa shape index (κ3) is 9.20. The highest BCUT2D eigenvalue weighted by Gasteiger charge is 2.32. The van der Waals surface area contributed by atoms with Crippen molar-refractivity contribution in [2.45, 2.75) is 69.6 Å². The van der Waals surface area contributed by atoms with Crippen LogP contribution < -0.4 is 10.6 Å². The van der Waals surface area contributed by atoms with Gasteiger partial charge in [-0.05, 0) is 34.8 Å². The molecule has 0 bridgehead atoms. The van der Waals surface area contributed by atoms with E-state index < -0.39 is 30.0 Å².